The lowest BCUT2D eigenvalue weighted by atomic mass is 9.92. The van der Waals surface area contributed by atoms with Gasteiger partial charge in [-0.3, -0.25) is 9.52 Å². The van der Waals surface area contributed by atoms with Crippen LogP contribution in [0.3, 0.4) is 0 Å². The molecule has 2 aromatic rings. The van der Waals surface area contributed by atoms with Crippen molar-refractivity contribution >= 4 is 44.4 Å². The lowest BCUT2D eigenvalue weighted by Gasteiger charge is -2.26. The molecular formula is C20H23FN6O3S2. The minimum absolute atomic E-state index is 0.00845. The highest BCUT2D eigenvalue weighted by Gasteiger charge is 2.30. The summed E-state index contributed by atoms with van der Waals surface area (Å²) in [5.74, 6) is -1.09. The Labute approximate surface area is 189 Å². The Morgan fingerprint density at radius 2 is 1.94 bits per heavy atom. The second kappa shape index (κ2) is 8.51. The molecule has 0 spiro atoms. The number of hydrogen-bond donors (Lipinski definition) is 3. The summed E-state index contributed by atoms with van der Waals surface area (Å²) in [6.07, 6.45) is 4.02. The quantitative estimate of drug-likeness (QED) is 0.599. The molecule has 1 amide bonds. The molecule has 3 rings (SSSR count). The van der Waals surface area contributed by atoms with E-state index in [-0.39, 0.29) is 17.1 Å². The third kappa shape index (κ3) is 5.07. The molecule has 1 aromatic carbocycles. The third-order valence-electron chi connectivity index (χ3n) is 4.62. The maximum Gasteiger partial charge on any atom is 0.275 e. The zero-order chi connectivity index (χ0) is 23.7. The van der Waals surface area contributed by atoms with E-state index in [2.05, 4.69) is 25.0 Å². The van der Waals surface area contributed by atoms with Crippen LogP contribution in [0.15, 0.2) is 47.1 Å². The van der Waals surface area contributed by atoms with Gasteiger partial charge in [0.2, 0.25) is 10.0 Å². The van der Waals surface area contributed by atoms with Crippen molar-refractivity contribution in [3.05, 3.63) is 59.2 Å². The fraction of sp³-hybridized carbons (Fsp3) is 0.300. The van der Waals surface area contributed by atoms with Gasteiger partial charge in [0.05, 0.1) is 17.1 Å². The Kier molecular flexibility index (Phi) is 6.29. The van der Waals surface area contributed by atoms with Crippen molar-refractivity contribution in [2.45, 2.75) is 38.0 Å². The van der Waals surface area contributed by atoms with E-state index in [1.807, 2.05) is 0 Å². The Morgan fingerprint density at radius 3 is 2.53 bits per heavy atom. The monoisotopic (exact) mass is 478 g/mol. The molecular weight excluding hydrogens is 455 g/mol. The summed E-state index contributed by atoms with van der Waals surface area (Å²) < 4.78 is 40.2. The Bertz CT molecular complexity index is 1210. The molecule has 170 valence electrons. The number of aliphatic imine (C=N–C) groups is 1. The van der Waals surface area contributed by atoms with Crippen molar-refractivity contribution in [3.8, 4) is 0 Å². The van der Waals surface area contributed by atoms with Gasteiger partial charge in [-0.2, -0.15) is 0 Å². The van der Waals surface area contributed by atoms with Crippen molar-refractivity contribution in [2.24, 2.45) is 10.7 Å². The van der Waals surface area contributed by atoms with Crippen molar-refractivity contribution in [1.29, 1.82) is 0 Å². The molecule has 0 bridgehead atoms. The summed E-state index contributed by atoms with van der Waals surface area (Å²) in [5.41, 5.74) is 5.30. The minimum Gasteiger partial charge on any atom is -0.378 e. The summed E-state index contributed by atoms with van der Waals surface area (Å²) in [6, 6.07) is 4.12. The van der Waals surface area contributed by atoms with Crippen LogP contribution in [0.5, 0.6) is 0 Å². The highest BCUT2D eigenvalue weighted by atomic mass is 32.2. The van der Waals surface area contributed by atoms with Crippen molar-refractivity contribution in [2.75, 3.05) is 10.0 Å². The average molecular weight is 479 g/mol. The molecule has 0 unspecified atom stereocenters. The largest absolute Gasteiger partial charge is 0.378 e. The number of aromatic nitrogens is 2. The predicted molar refractivity (Wildman–Crippen MR) is 124 cm³/mol. The van der Waals surface area contributed by atoms with Crippen LogP contribution < -0.4 is 15.8 Å². The maximum atomic E-state index is 14.5. The van der Waals surface area contributed by atoms with Gasteiger partial charge in [0, 0.05) is 11.3 Å². The number of amides is 1. The highest BCUT2D eigenvalue weighted by molar-refractivity contribution is 8.16. The molecule has 0 fully saturated rings. The minimum atomic E-state index is -3.68. The van der Waals surface area contributed by atoms with Crippen LogP contribution in [0.2, 0.25) is 0 Å². The third-order valence-corrected chi connectivity index (χ3v) is 7.32. The molecule has 4 N–H and O–H groups in total. The van der Waals surface area contributed by atoms with Gasteiger partial charge in [-0.25, -0.2) is 27.8 Å². The van der Waals surface area contributed by atoms with Crippen LogP contribution in [-0.2, 0) is 15.6 Å². The normalized spacial score (nSPS) is 18.7. The second-order valence-corrected chi connectivity index (χ2v) is 11.5. The van der Waals surface area contributed by atoms with Crippen molar-refractivity contribution in [3.63, 3.8) is 0 Å². The Hall–Kier alpha value is -2.99. The first-order valence-corrected chi connectivity index (χ1v) is 11.8. The number of nitrogens with zero attached hydrogens (tertiary/aromatic N) is 3. The lowest BCUT2D eigenvalue weighted by molar-refractivity contribution is 0.102. The first kappa shape index (κ1) is 23.7. The predicted octanol–water partition coefficient (Wildman–Crippen LogP) is 3.20. The molecule has 1 aromatic heterocycles. The van der Waals surface area contributed by atoms with Crippen LogP contribution in [-0.4, -0.2) is 34.2 Å². The number of hydrogen-bond acceptors (Lipinski definition) is 8. The first-order chi connectivity index (χ1) is 14.8. The van der Waals surface area contributed by atoms with Crippen molar-refractivity contribution < 1.29 is 17.6 Å². The zero-order valence-corrected chi connectivity index (χ0v) is 19.5. The van der Waals surface area contributed by atoms with E-state index in [9.17, 15) is 17.6 Å². The number of carbonyl (C=O) groups is 1. The number of carbonyl (C=O) groups excluding carboxylic acids is 1. The molecule has 1 aliphatic heterocycles. The molecule has 2 heterocycles. The SMILES string of the molecule is CC(C)(C)S(=O)(=O)Nc1cnc(C(=O)Nc2ccc(F)c([C@]3(C)C=CSC(N)=N3)c2)cn1. The van der Waals surface area contributed by atoms with Gasteiger partial charge >= 0.3 is 0 Å². The maximum absolute atomic E-state index is 14.5. The van der Waals surface area contributed by atoms with E-state index in [1.54, 1.807) is 39.2 Å². The number of sulfonamides is 1. The lowest BCUT2D eigenvalue weighted by Crippen LogP contribution is -2.34. The molecule has 32 heavy (non-hydrogen) atoms. The number of halogens is 1. The summed E-state index contributed by atoms with van der Waals surface area (Å²) in [4.78, 5) is 24.8. The van der Waals surface area contributed by atoms with Gasteiger partial charge < -0.3 is 11.1 Å². The van der Waals surface area contributed by atoms with E-state index < -0.39 is 32.0 Å². The van der Waals surface area contributed by atoms with Gasteiger partial charge in [-0.15, -0.1) is 0 Å². The van der Waals surface area contributed by atoms with Gasteiger partial charge in [0.1, 0.15) is 17.1 Å². The first-order valence-electron chi connectivity index (χ1n) is 9.46. The summed E-state index contributed by atoms with van der Waals surface area (Å²) >= 11 is 1.24. The number of amidine groups is 1. The molecule has 0 aliphatic carbocycles. The van der Waals surface area contributed by atoms with E-state index in [0.29, 0.717) is 10.9 Å². The van der Waals surface area contributed by atoms with Gasteiger partial charge in [-0.1, -0.05) is 11.8 Å². The number of anilines is 2. The van der Waals surface area contributed by atoms with Gasteiger partial charge in [0.15, 0.2) is 11.0 Å². The van der Waals surface area contributed by atoms with Crippen LogP contribution in [0.4, 0.5) is 15.9 Å². The Morgan fingerprint density at radius 1 is 1.22 bits per heavy atom. The number of thioether (sulfide) groups is 1. The van der Waals surface area contributed by atoms with Crippen LogP contribution in [0.1, 0.15) is 43.7 Å². The van der Waals surface area contributed by atoms with Crippen molar-refractivity contribution in [1.82, 2.24) is 9.97 Å². The van der Waals surface area contributed by atoms with Crippen LogP contribution >= 0.6 is 11.8 Å². The van der Waals surface area contributed by atoms with E-state index >= 15 is 0 Å². The van der Waals surface area contributed by atoms with E-state index in [4.69, 9.17) is 5.73 Å². The molecule has 1 atom stereocenters. The average Bonchev–Trinajstić information content (AvgIpc) is 2.68. The highest BCUT2D eigenvalue weighted by Crippen LogP contribution is 2.35. The van der Waals surface area contributed by atoms with E-state index in [0.717, 1.165) is 12.4 Å². The molecule has 12 heteroatoms. The topological polar surface area (TPSA) is 139 Å². The van der Waals surface area contributed by atoms with Crippen LogP contribution in [0, 0.1) is 5.82 Å². The standard InChI is InChI=1S/C20H23FN6O3S2/c1-19(2,3)32(29,30)27-16-11-23-15(10-24-16)17(28)25-12-5-6-14(21)13(9-12)20(4)7-8-31-18(22)26-20/h5-11H,1-4H3,(H2,22,26)(H,24,27)(H,25,28)/t20-/m0/s1. The fourth-order valence-electron chi connectivity index (χ4n) is 2.65. The summed E-state index contributed by atoms with van der Waals surface area (Å²) in [6.45, 7) is 6.35. The number of nitrogens with two attached hydrogens (primary N) is 1. The molecule has 0 saturated carbocycles. The molecule has 9 nitrogen and oxygen atoms in total. The van der Waals surface area contributed by atoms with E-state index in [1.165, 1.54) is 30.0 Å². The molecule has 0 radical (unpaired) electrons. The number of nitrogens with one attached hydrogen (secondary N) is 2. The smallest absolute Gasteiger partial charge is 0.275 e. The number of rotatable bonds is 5. The summed E-state index contributed by atoms with van der Waals surface area (Å²) in [7, 11) is -3.68. The fourth-order valence-corrected chi connectivity index (χ4v) is 4.06. The Balaban J connectivity index is 1.78. The van der Waals surface area contributed by atoms with Crippen LogP contribution in [0.25, 0.3) is 0 Å². The number of benzene rings is 1. The zero-order valence-electron chi connectivity index (χ0n) is 17.9. The van der Waals surface area contributed by atoms with Gasteiger partial charge in [-0.05, 0) is 57.4 Å². The molecule has 0 saturated heterocycles. The second-order valence-electron chi connectivity index (χ2n) is 8.17. The van der Waals surface area contributed by atoms with Gasteiger partial charge in [0.25, 0.3) is 5.91 Å². The summed E-state index contributed by atoms with van der Waals surface area (Å²) in [5, 5.41) is 4.67. The molecule has 1 aliphatic rings.